The minimum absolute atomic E-state index is 0.111. The van der Waals surface area contributed by atoms with Crippen molar-refractivity contribution >= 4 is 5.97 Å². The van der Waals surface area contributed by atoms with Crippen molar-refractivity contribution in [3.63, 3.8) is 0 Å². The van der Waals surface area contributed by atoms with Crippen LogP contribution in [0.5, 0.6) is 0 Å². The fourth-order valence-corrected chi connectivity index (χ4v) is 2.75. The number of likely N-dealkylation sites (tertiary alicyclic amines) is 1. The first-order chi connectivity index (χ1) is 8.70. The van der Waals surface area contributed by atoms with Crippen LogP contribution < -0.4 is 0 Å². The van der Waals surface area contributed by atoms with E-state index in [1.807, 2.05) is 0 Å². The molecule has 1 heterocycles. The number of hydrogen-bond donors (Lipinski definition) is 1. The molecule has 1 unspecified atom stereocenters. The number of methoxy groups -OCH3 is 1. The van der Waals surface area contributed by atoms with E-state index in [1.54, 1.807) is 7.11 Å². The Balaban J connectivity index is 1.72. The average molecular weight is 257 g/mol. The van der Waals surface area contributed by atoms with Gasteiger partial charge in [-0.15, -0.1) is 0 Å². The fourth-order valence-electron chi connectivity index (χ4n) is 2.75. The number of carbonyl (C=O) groups is 1. The molecule has 0 radical (unpaired) electrons. The van der Waals surface area contributed by atoms with E-state index in [0.29, 0.717) is 6.04 Å². The highest BCUT2D eigenvalue weighted by molar-refractivity contribution is 5.68. The van der Waals surface area contributed by atoms with Gasteiger partial charge in [-0.05, 0) is 31.6 Å². The lowest BCUT2D eigenvalue weighted by Crippen LogP contribution is -2.46. The molecule has 18 heavy (non-hydrogen) atoms. The molecule has 0 aromatic rings. The van der Waals surface area contributed by atoms with Crippen LogP contribution in [-0.4, -0.2) is 61.5 Å². The summed E-state index contributed by atoms with van der Waals surface area (Å²) >= 11 is 0. The van der Waals surface area contributed by atoms with Gasteiger partial charge < -0.3 is 14.6 Å². The molecule has 1 saturated heterocycles. The third-order valence-corrected chi connectivity index (χ3v) is 3.89. The van der Waals surface area contributed by atoms with Crippen molar-refractivity contribution in [3.8, 4) is 0 Å². The molecule has 0 bridgehead atoms. The number of hydrogen-bond acceptors (Lipinski definition) is 4. The van der Waals surface area contributed by atoms with Gasteiger partial charge in [-0.2, -0.15) is 0 Å². The van der Waals surface area contributed by atoms with E-state index in [4.69, 9.17) is 14.6 Å². The second-order valence-electron chi connectivity index (χ2n) is 5.30. The maximum absolute atomic E-state index is 10.4. The predicted octanol–water partition coefficient (Wildman–Crippen LogP) is 0.977. The molecule has 2 aliphatic rings. The second-order valence-corrected chi connectivity index (χ2v) is 5.30. The molecule has 1 saturated carbocycles. The Bertz CT molecular complexity index is 272. The lowest BCUT2D eigenvalue weighted by Gasteiger charge is -2.37. The first-order valence-electron chi connectivity index (χ1n) is 6.77. The Morgan fingerprint density at radius 2 is 2.00 bits per heavy atom. The smallest absolute Gasteiger partial charge is 0.329 e. The van der Waals surface area contributed by atoms with Gasteiger partial charge in [-0.3, -0.25) is 4.90 Å². The third-order valence-electron chi connectivity index (χ3n) is 3.89. The first-order valence-corrected chi connectivity index (χ1v) is 6.77. The van der Waals surface area contributed by atoms with Gasteiger partial charge in [0, 0.05) is 26.2 Å². The zero-order chi connectivity index (χ0) is 13.0. The zero-order valence-corrected chi connectivity index (χ0v) is 11.0. The summed E-state index contributed by atoms with van der Waals surface area (Å²) in [6, 6.07) is 0.551. The molecule has 5 nitrogen and oxygen atoms in total. The van der Waals surface area contributed by atoms with Crippen LogP contribution in [0.4, 0.5) is 0 Å². The molecule has 1 aliphatic heterocycles. The molecular weight excluding hydrogens is 234 g/mol. The molecule has 104 valence electrons. The van der Waals surface area contributed by atoms with Crippen molar-refractivity contribution in [1.82, 2.24) is 4.90 Å². The van der Waals surface area contributed by atoms with Crippen LogP contribution in [0.15, 0.2) is 0 Å². The van der Waals surface area contributed by atoms with E-state index in [2.05, 4.69) is 4.90 Å². The molecule has 0 spiro atoms. The molecule has 5 heteroatoms. The normalized spacial score (nSPS) is 24.1. The van der Waals surface area contributed by atoms with Gasteiger partial charge in [0.1, 0.15) is 6.61 Å². The first kappa shape index (κ1) is 13.8. The highest BCUT2D eigenvalue weighted by Crippen LogP contribution is 2.36. The third kappa shape index (κ3) is 3.93. The van der Waals surface area contributed by atoms with Crippen molar-refractivity contribution in [2.24, 2.45) is 5.92 Å². The van der Waals surface area contributed by atoms with Crippen molar-refractivity contribution in [2.75, 3.05) is 33.4 Å². The van der Waals surface area contributed by atoms with Crippen LogP contribution in [-0.2, 0) is 14.3 Å². The molecule has 0 amide bonds. The van der Waals surface area contributed by atoms with Gasteiger partial charge in [0.25, 0.3) is 0 Å². The summed E-state index contributed by atoms with van der Waals surface area (Å²) < 4.78 is 10.7. The van der Waals surface area contributed by atoms with E-state index in [-0.39, 0.29) is 12.7 Å². The Labute approximate surface area is 108 Å². The van der Waals surface area contributed by atoms with Gasteiger partial charge >= 0.3 is 5.97 Å². The maximum Gasteiger partial charge on any atom is 0.329 e. The van der Waals surface area contributed by atoms with E-state index >= 15 is 0 Å². The van der Waals surface area contributed by atoms with Crippen LogP contribution in [0.3, 0.4) is 0 Å². The van der Waals surface area contributed by atoms with E-state index < -0.39 is 5.97 Å². The van der Waals surface area contributed by atoms with Crippen LogP contribution >= 0.6 is 0 Å². The number of piperidine rings is 1. The van der Waals surface area contributed by atoms with Crippen LogP contribution in [0.1, 0.15) is 25.7 Å². The van der Waals surface area contributed by atoms with Crippen LogP contribution in [0.25, 0.3) is 0 Å². The molecular formula is C13H23NO4. The second kappa shape index (κ2) is 6.50. The molecule has 2 fully saturated rings. The standard InChI is InChI=1S/C13H23NO4/c1-17-8-12(10-2-3-10)14-6-4-11(5-7-14)18-9-13(15)16/h10-12H,2-9H2,1H3,(H,15,16). The average Bonchev–Trinajstić information content (AvgIpc) is 3.18. The SMILES string of the molecule is COCC(C1CC1)N1CCC(OCC(=O)O)CC1. The summed E-state index contributed by atoms with van der Waals surface area (Å²) in [5.41, 5.74) is 0. The Hall–Kier alpha value is -0.650. The van der Waals surface area contributed by atoms with Crippen molar-refractivity contribution in [2.45, 2.75) is 37.8 Å². The van der Waals surface area contributed by atoms with Gasteiger partial charge in [-0.1, -0.05) is 0 Å². The Morgan fingerprint density at radius 3 is 2.50 bits per heavy atom. The highest BCUT2D eigenvalue weighted by Gasteiger charge is 2.36. The topological polar surface area (TPSA) is 59.0 Å². The summed E-state index contributed by atoms with van der Waals surface area (Å²) in [6.07, 6.45) is 4.62. The number of nitrogens with zero attached hydrogens (tertiary/aromatic N) is 1. The predicted molar refractivity (Wildman–Crippen MR) is 66.6 cm³/mol. The molecule has 0 aromatic carbocycles. The van der Waals surface area contributed by atoms with Gasteiger partial charge in [-0.25, -0.2) is 4.79 Å². The van der Waals surface area contributed by atoms with Gasteiger partial charge in [0.15, 0.2) is 0 Å². The quantitative estimate of drug-likeness (QED) is 0.736. The maximum atomic E-state index is 10.4. The van der Waals surface area contributed by atoms with E-state index in [0.717, 1.165) is 38.5 Å². The molecule has 1 N–H and O–H groups in total. The molecule has 1 aliphatic carbocycles. The summed E-state index contributed by atoms with van der Waals surface area (Å²) in [5, 5.41) is 8.58. The van der Waals surface area contributed by atoms with Crippen LogP contribution in [0.2, 0.25) is 0 Å². The van der Waals surface area contributed by atoms with Gasteiger partial charge in [0.05, 0.1) is 12.7 Å². The van der Waals surface area contributed by atoms with E-state index in [9.17, 15) is 4.79 Å². The monoisotopic (exact) mass is 257 g/mol. The number of carboxylic acids is 1. The van der Waals surface area contributed by atoms with Crippen molar-refractivity contribution < 1.29 is 19.4 Å². The molecule has 2 rings (SSSR count). The van der Waals surface area contributed by atoms with Crippen molar-refractivity contribution in [1.29, 1.82) is 0 Å². The summed E-state index contributed by atoms with van der Waals surface area (Å²) in [6.45, 7) is 2.63. The molecule has 1 atom stereocenters. The number of aliphatic carboxylic acids is 1. The van der Waals surface area contributed by atoms with Crippen LogP contribution in [0, 0.1) is 5.92 Å². The number of ether oxygens (including phenoxy) is 2. The lowest BCUT2D eigenvalue weighted by molar-refractivity contribution is -0.145. The van der Waals surface area contributed by atoms with E-state index in [1.165, 1.54) is 12.8 Å². The minimum atomic E-state index is -0.882. The number of carboxylic acid groups (broad SMARTS) is 1. The fraction of sp³-hybridized carbons (Fsp3) is 0.923. The Morgan fingerprint density at radius 1 is 1.33 bits per heavy atom. The van der Waals surface area contributed by atoms with Gasteiger partial charge in [0.2, 0.25) is 0 Å². The summed E-state index contributed by atoms with van der Waals surface area (Å²) in [7, 11) is 1.76. The summed E-state index contributed by atoms with van der Waals surface area (Å²) in [4.78, 5) is 12.9. The zero-order valence-electron chi connectivity index (χ0n) is 11.0. The van der Waals surface area contributed by atoms with Crippen molar-refractivity contribution in [3.05, 3.63) is 0 Å². The largest absolute Gasteiger partial charge is 0.480 e. The number of rotatable bonds is 7. The Kier molecular flexibility index (Phi) is 4.97. The molecule has 0 aromatic heterocycles. The highest BCUT2D eigenvalue weighted by atomic mass is 16.5. The lowest BCUT2D eigenvalue weighted by atomic mass is 10.0. The minimum Gasteiger partial charge on any atom is -0.480 e. The summed E-state index contributed by atoms with van der Waals surface area (Å²) in [5.74, 6) is -0.0749.